The van der Waals surface area contributed by atoms with Crippen molar-refractivity contribution >= 4 is 6.03 Å². The van der Waals surface area contributed by atoms with Gasteiger partial charge in [-0.25, -0.2) is 9.18 Å². The highest BCUT2D eigenvalue weighted by atomic mass is 19.1. The van der Waals surface area contributed by atoms with E-state index in [1.54, 1.807) is 26.0 Å². The van der Waals surface area contributed by atoms with Crippen LogP contribution in [-0.4, -0.2) is 37.5 Å². The number of urea groups is 1. The predicted molar refractivity (Wildman–Crippen MR) is 78.6 cm³/mol. The van der Waals surface area contributed by atoms with Gasteiger partial charge in [-0.1, -0.05) is 12.1 Å². The Morgan fingerprint density at radius 2 is 2.19 bits per heavy atom. The Bertz CT molecular complexity index is 468. The first kappa shape index (κ1) is 17.4. The summed E-state index contributed by atoms with van der Waals surface area (Å²) in [5.41, 5.74) is 1.27. The van der Waals surface area contributed by atoms with E-state index < -0.39 is 6.10 Å². The molecule has 0 radical (unpaired) electrons. The molecule has 0 saturated heterocycles. The zero-order chi connectivity index (χ0) is 15.8. The van der Waals surface area contributed by atoms with Crippen molar-refractivity contribution in [1.82, 2.24) is 10.6 Å². The van der Waals surface area contributed by atoms with E-state index in [2.05, 4.69) is 10.6 Å². The van der Waals surface area contributed by atoms with Crippen LogP contribution in [-0.2, 0) is 4.74 Å². The standard InChI is InChI=1S/C15H23FN2O3/c1-10-4-5-12(8-14(10)16)11(2)18-15(20)17-7-6-13(19)9-21-3/h4-5,8,11,13,19H,6-7,9H2,1-3H3,(H2,17,18,20). The van der Waals surface area contributed by atoms with Gasteiger partial charge in [0.05, 0.1) is 18.8 Å². The summed E-state index contributed by atoms with van der Waals surface area (Å²) in [7, 11) is 1.51. The maximum absolute atomic E-state index is 13.5. The quantitative estimate of drug-likeness (QED) is 0.720. The third kappa shape index (κ3) is 6.10. The minimum absolute atomic E-state index is 0.238. The fourth-order valence-electron chi connectivity index (χ4n) is 1.84. The molecule has 1 aromatic carbocycles. The Morgan fingerprint density at radius 1 is 1.48 bits per heavy atom. The van der Waals surface area contributed by atoms with Gasteiger partial charge in [0, 0.05) is 13.7 Å². The molecule has 1 rings (SSSR count). The number of aliphatic hydroxyl groups excluding tert-OH is 1. The lowest BCUT2D eigenvalue weighted by Crippen LogP contribution is -2.38. The van der Waals surface area contributed by atoms with Crippen LogP contribution < -0.4 is 10.6 Å². The fraction of sp³-hybridized carbons (Fsp3) is 0.533. The highest BCUT2D eigenvalue weighted by Gasteiger charge is 2.11. The highest BCUT2D eigenvalue weighted by Crippen LogP contribution is 2.16. The lowest BCUT2D eigenvalue weighted by Gasteiger charge is -2.16. The third-order valence-corrected chi connectivity index (χ3v) is 3.17. The Hall–Kier alpha value is -1.66. The Labute approximate surface area is 124 Å². The maximum Gasteiger partial charge on any atom is 0.315 e. The van der Waals surface area contributed by atoms with Crippen molar-refractivity contribution in [2.24, 2.45) is 0 Å². The van der Waals surface area contributed by atoms with Crippen molar-refractivity contribution in [3.8, 4) is 0 Å². The normalized spacial score (nSPS) is 13.6. The van der Waals surface area contributed by atoms with Gasteiger partial charge in [-0.05, 0) is 37.5 Å². The lowest BCUT2D eigenvalue weighted by atomic mass is 10.1. The molecule has 0 fully saturated rings. The van der Waals surface area contributed by atoms with Crippen LogP contribution in [0.3, 0.4) is 0 Å². The van der Waals surface area contributed by atoms with Crippen molar-refractivity contribution in [3.05, 3.63) is 35.1 Å². The van der Waals surface area contributed by atoms with E-state index in [4.69, 9.17) is 4.74 Å². The molecule has 3 N–H and O–H groups in total. The molecule has 2 atom stereocenters. The monoisotopic (exact) mass is 298 g/mol. The second kappa shape index (κ2) is 8.59. The highest BCUT2D eigenvalue weighted by molar-refractivity contribution is 5.74. The molecule has 0 aliphatic carbocycles. The first-order valence-electron chi connectivity index (χ1n) is 6.91. The number of carbonyl (C=O) groups is 1. The van der Waals surface area contributed by atoms with Crippen LogP contribution in [0.5, 0.6) is 0 Å². The van der Waals surface area contributed by atoms with Crippen LogP contribution in [0.1, 0.15) is 30.5 Å². The first-order chi connectivity index (χ1) is 9.93. The zero-order valence-corrected chi connectivity index (χ0v) is 12.6. The molecule has 0 bridgehead atoms. The summed E-state index contributed by atoms with van der Waals surface area (Å²) >= 11 is 0. The van der Waals surface area contributed by atoms with Crippen LogP contribution in [0.25, 0.3) is 0 Å². The van der Waals surface area contributed by atoms with Gasteiger partial charge in [-0.3, -0.25) is 0 Å². The summed E-state index contributed by atoms with van der Waals surface area (Å²) in [6, 6.07) is 4.23. The van der Waals surface area contributed by atoms with Crippen LogP contribution in [0.15, 0.2) is 18.2 Å². The number of nitrogens with one attached hydrogen (secondary N) is 2. The van der Waals surface area contributed by atoms with Crippen molar-refractivity contribution < 1.29 is 19.0 Å². The molecular formula is C15H23FN2O3. The van der Waals surface area contributed by atoms with Gasteiger partial charge in [-0.2, -0.15) is 0 Å². The zero-order valence-electron chi connectivity index (χ0n) is 12.6. The molecule has 21 heavy (non-hydrogen) atoms. The van der Waals surface area contributed by atoms with Crippen molar-refractivity contribution in [2.75, 3.05) is 20.3 Å². The van der Waals surface area contributed by atoms with Gasteiger partial charge in [0.15, 0.2) is 0 Å². The number of methoxy groups -OCH3 is 1. The second-order valence-electron chi connectivity index (χ2n) is 5.03. The van der Waals surface area contributed by atoms with Crippen molar-refractivity contribution in [2.45, 2.75) is 32.4 Å². The average Bonchev–Trinajstić information content (AvgIpc) is 2.42. The number of aliphatic hydroxyl groups is 1. The van der Waals surface area contributed by atoms with Gasteiger partial charge >= 0.3 is 6.03 Å². The third-order valence-electron chi connectivity index (χ3n) is 3.17. The molecule has 0 spiro atoms. The topological polar surface area (TPSA) is 70.6 Å². The molecule has 5 nitrogen and oxygen atoms in total. The minimum Gasteiger partial charge on any atom is -0.391 e. The lowest BCUT2D eigenvalue weighted by molar-refractivity contribution is 0.0598. The van der Waals surface area contributed by atoms with Crippen molar-refractivity contribution in [3.63, 3.8) is 0 Å². The number of hydrogen-bond acceptors (Lipinski definition) is 3. The molecule has 0 aliphatic rings. The fourth-order valence-corrected chi connectivity index (χ4v) is 1.84. The van der Waals surface area contributed by atoms with Crippen LogP contribution in [0.4, 0.5) is 9.18 Å². The van der Waals surface area contributed by atoms with E-state index in [1.165, 1.54) is 13.2 Å². The maximum atomic E-state index is 13.5. The number of aryl methyl sites for hydroxylation is 1. The number of carbonyl (C=O) groups excluding carboxylic acids is 1. The molecule has 2 amide bonds. The molecule has 1 aromatic rings. The number of hydrogen-bond donors (Lipinski definition) is 3. The van der Waals surface area contributed by atoms with Gasteiger partial charge in [0.2, 0.25) is 0 Å². The molecule has 2 unspecified atom stereocenters. The molecule has 0 saturated carbocycles. The number of ether oxygens (including phenoxy) is 1. The first-order valence-corrected chi connectivity index (χ1v) is 6.91. The summed E-state index contributed by atoms with van der Waals surface area (Å²) in [6.45, 7) is 4.05. The van der Waals surface area contributed by atoms with Crippen LogP contribution in [0.2, 0.25) is 0 Å². The number of amides is 2. The molecule has 0 heterocycles. The van der Waals surface area contributed by atoms with E-state index in [0.29, 0.717) is 24.1 Å². The molecule has 0 aromatic heterocycles. The van der Waals surface area contributed by atoms with Crippen LogP contribution in [0, 0.1) is 12.7 Å². The van der Waals surface area contributed by atoms with Gasteiger partial charge in [0.1, 0.15) is 5.82 Å². The molecule has 6 heteroatoms. The van der Waals surface area contributed by atoms with Gasteiger partial charge in [0.25, 0.3) is 0 Å². The van der Waals surface area contributed by atoms with Gasteiger partial charge < -0.3 is 20.5 Å². The average molecular weight is 298 g/mol. The van der Waals surface area contributed by atoms with E-state index in [-0.39, 0.29) is 24.5 Å². The number of rotatable bonds is 7. The Morgan fingerprint density at radius 3 is 2.81 bits per heavy atom. The summed E-state index contributed by atoms with van der Waals surface area (Å²) in [4.78, 5) is 11.7. The van der Waals surface area contributed by atoms with E-state index >= 15 is 0 Å². The molecule has 118 valence electrons. The summed E-state index contributed by atoms with van der Waals surface area (Å²) in [6.07, 6.45) is -0.187. The van der Waals surface area contributed by atoms with E-state index in [0.717, 1.165) is 0 Å². The Balaban J connectivity index is 2.38. The SMILES string of the molecule is COCC(O)CCNC(=O)NC(C)c1ccc(C)c(F)c1. The minimum atomic E-state index is -0.598. The summed E-state index contributed by atoms with van der Waals surface area (Å²) in [5, 5.41) is 14.8. The predicted octanol–water partition coefficient (Wildman–Crippen LogP) is 1.89. The molecular weight excluding hydrogens is 275 g/mol. The smallest absolute Gasteiger partial charge is 0.315 e. The Kier molecular flexibility index (Phi) is 7.11. The van der Waals surface area contributed by atoms with Crippen LogP contribution >= 0.6 is 0 Å². The second-order valence-corrected chi connectivity index (χ2v) is 5.03. The summed E-state index contributed by atoms with van der Waals surface area (Å²) in [5.74, 6) is -0.288. The summed E-state index contributed by atoms with van der Waals surface area (Å²) < 4.78 is 18.3. The molecule has 0 aliphatic heterocycles. The largest absolute Gasteiger partial charge is 0.391 e. The van der Waals surface area contributed by atoms with Gasteiger partial charge in [-0.15, -0.1) is 0 Å². The van der Waals surface area contributed by atoms with E-state index in [9.17, 15) is 14.3 Å². The number of halogens is 1. The van der Waals surface area contributed by atoms with Crippen molar-refractivity contribution in [1.29, 1.82) is 0 Å². The number of benzene rings is 1. The van der Waals surface area contributed by atoms with E-state index in [1.807, 2.05) is 0 Å².